The largest absolute Gasteiger partial charge is 0.493 e. The molecule has 2 aromatic rings. The first-order valence-electron chi connectivity index (χ1n) is 10.5. The molecule has 2 aromatic carbocycles. The summed E-state index contributed by atoms with van der Waals surface area (Å²) < 4.78 is 15.5. The van der Waals surface area contributed by atoms with Crippen LogP contribution in [0.2, 0.25) is 0 Å². The zero-order valence-electron chi connectivity index (χ0n) is 18.3. The van der Waals surface area contributed by atoms with Gasteiger partial charge >= 0.3 is 5.97 Å². The maximum Gasteiger partial charge on any atom is 0.338 e. The minimum absolute atomic E-state index is 0.206. The SMILES string of the molecule is COc1ccc(C(=O)COC(=O)c2ccc(N3C(=O)C4CC=CCC4C3=O)cc2)cc1OC. The van der Waals surface area contributed by atoms with Gasteiger partial charge in [-0.2, -0.15) is 0 Å². The smallest absolute Gasteiger partial charge is 0.338 e. The summed E-state index contributed by atoms with van der Waals surface area (Å²) in [4.78, 5) is 51.4. The lowest BCUT2D eigenvalue weighted by atomic mass is 9.85. The molecule has 1 fully saturated rings. The van der Waals surface area contributed by atoms with Crippen LogP contribution in [0.1, 0.15) is 33.6 Å². The van der Waals surface area contributed by atoms with Crippen LogP contribution in [0.25, 0.3) is 0 Å². The summed E-state index contributed by atoms with van der Waals surface area (Å²) in [5.74, 6) is -1.29. The van der Waals surface area contributed by atoms with Gasteiger partial charge < -0.3 is 14.2 Å². The van der Waals surface area contributed by atoms with Crippen LogP contribution in [0.3, 0.4) is 0 Å². The van der Waals surface area contributed by atoms with Gasteiger partial charge in [0.2, 0.25) is 11.8 Å². The highest BCUT2D eigenvalue weighted by Crippen LogP contribution is 2.37. The van der Waals surface area contributed by atoms with Crippen LogP contribution >= 0.6 is 0 Å². The molecule has 1 aliphatic carbocycles. The van der Waals surface area contributed by atoms with E-state index in [9.17, 15) is 19.2 Å². The number of ketones is 1. The topological polar surface area (TPSA) is 99.2 Å². The monoisotopic (exact) mass is 449 g/mol. The zero-order chi connectivity index (χ0) is 23.5. The number of Topliss-reactive ketones (excluding diaryl/α,β-unsaturated/α-hetero) is 1. The number of methoxy groups -OCH3 is 2. The summed E-state index contributed by atoms with van der Waals surface area (Å²) in [5.41, 5.74) is 0.937. The molecule has 0 saturated carbocycles. The van der Waals surface area contributed by atoms with Gasteiger partial charge in [0.25, 0.3) is 0 Å². The Morgan fingerprint density at radius 3 is 2.00 bits per heavy atom. The minimum atomic E-state index is -0.688. The number of fused-ring (bicyclic) bond motifs is 1. The van der Waals surface area contributed by atoms with Gasteiger partial charge in [-0.1, -0.05) is 12.2 Å². The van der Waals surface area contributed by atoms with Gasteiger partial charge in [0, 0.05) is 5.56 Å². The molecule has 33 heavy (non-hydrogen) atoms. The van der Waals surface area contributed by atoms with Crippen molar-refractivity contribution in [3.05, 3.63) is 65.7 Å². The number of benzene rings is 2. The Hall–Kier alpha value is -3.94. The Morgan fingerprint density at radius 2 is 1.42 bits per heavy atom. The number of rotatable bonds is 7. The molecule has 1 saturated heterocycles. The van der Waals surface area contributed by atoms with E-state index in [1.807, 2.05) is 12.2 Å². The molecule has 2 aliphatic rings. The van der Waals surface area contributed by atoms with Crippen LogP contribution < -0.4 is 14.4 Å². The molecule has 4 rings (SSSR count). The number of esters is 1. The van der Waals surface area contributed by atoms with Crippen LogP contribution in [0.4, 0.5) is 5.69 Å². The van der Waals surface area contributed by atoms with Gasteiger partial charge in [-0.25, -0.2) is 4.79 Å². The van der Waals surface area contributed by atoms with Gasteiger partial charge in [0.1, 0.15) is 0 Å². The molecule has 170 valence electrons. The highest BCUT2D eigenvalue weighted by Gasteiger charge is 2.47. The highest BCUT2D eigenvalue weighted by molar-refractivity contribution is 6.22. The molecule has 0 aromatic heterocycles. The lowest BCUT2D eigenvalue weighted by molar-refractivity contribution is -0.122. The lowest BCUT2D eigenvalue weighted by Gasteiger charge is -2.15. The maximum atomic E-state index is 12.7. The summed E-state index contributed by atoms with van der Waals surface area (Å²) in [7, 11) is 2.95. The number of imide groups is 1. The van der Waals surface area contributed by atoms with E-state index >= 15 is 0 Å². The Kier molecular flexibility index (Phi) is 6.26. The Morgan fingerprint density at radius 1 is 0.848 bits per heavy atom. The van der Waals surface area contributed by atoms with Crippen molar-refractivity contribution >= 4 is 29.3 Å². The second kappa shape index (κ2) is 9.28. The number of nitrogens with zero attached hydrogens (tertiary/aromatic N) is 1. The van der Waals surface area contributed by atoms with Gasteiger partial charge in [0.05, 0.1) is 37.3 Å². The lowest BCUT2D eigenvalue weighted by Crippen LogP contribution is -2.30. The van der Waals surface area contributed by atoms with E-state index in [0.29, 0.717) is 35.6 Å². The van der Waals surface area contributed by atoms with Crippen molar-refractivity contribution < 1.29 is 33.4 Å². The fraction of sp³-hybridized carbons (Fsp3) is 0.280. The fourth-order valence-corrected chi connectivity index (χ4v) is 4.11. The molecule has 0 radical (unpaired) electrons. The molecule has 8 heteroatoms. The molecule has 0 spiro atoms. The van der Waals surface area contributed by atoms with Crippen molar-refractivity contribution in [2.45, 2.75) is 12.8 Å². The maximum absolute atomic E-state index is 12.7. The molecule has 1 aliphatic heterocycles. The first kappa shape index (κ1) is 22.3. The first-order chi connectivity index (χ1) is 15.9. The fourth-order valence-electron chi connectivity index (χ4n) is 4.11. The Labute approximate surface area is 190 Å². The normalized spacial score (nSPS) is 19.3. The third-order valence-corrected chi connectivity index (χ3v) is 5.91. The van der Waals surface area contributed by atoms with Crippen molar-refractivity contribution in [2.24, 2.45) is 11.8 Å². The standard InChI is InChI=1S/C25H23NO7/c1-31-21-12-9-16(13-22(21)32-2)20(27)14-33-25(30)15-7-10-17(11-8-15)26-23(28)18-5-3-4-6-19(18)24(26)29/h3-4,7-13,18-19H,5-6,14H2,1-2H3. The summed E-state index contributed by atoms with van der Waals surface area (Å²) in [6, 6.07) is 10.7. The number of hydrogen-bond acceptors (Lipinski definition) is 7. The Bertz CT molecular complexity index is 1110. The zero-order valence-corrected chi connectivity index (χ0v) is 18.3. The van der Waals surface area contributed by atoms with E-state index in [1.54, 1.807) is 12.1 Å². The van der Waals surface area contributed by atoms with E-state index < -0.39 is 18.4 Å². The highest BCUT2D eigenvalue weighted by atomic mass is 16.5. The molecule has 2 atom stereocenters. The second-order valence-corrected chi connectivity index (χ2v) is 7.78. The van der Waals surface area contributed by atoms with E-state index in [1.165, 1.54) is 49.5 Å². The molecule has 8 nitrogen and oxygen atoms in total. The first-order valence-corrected chi connectivity index (χ1v) is 10.5. The van der Waals surface area contributed by atoms with Crippen molar-refractivity contribution in [1.82, 2.24) is 0 Å². The summed E-state index contributed by atoms with van der Waals surface area (Å²) in [5, 5.41) is 0. The van der Waals surface area contributed by atoms with Gasteiger partial charge in [-0.15, -0.1) is 0 Å². The van der Waals surface area contributed by atoms with Crippen LogP contribution in [0, 0.1) is 11.8 Å². The van der Waals surface area contributed by atoms with E-state index in [-0.39, 0.29) is 29.2 Å². The molecule has 0 N–H and O–H groups in total. The summed E-state index contributed by atoms with van der Waals surface area (Å²) in [6.45, 7) is -0.449. The molecule has 2 unspecified atom stereocenters. The van der Waals surface area contributed by atoms with Gasteiger partial charge in [0.15, 0.2) is 23.9 Å². The Balaban J connectivity index is 1.39. The quantitative estimate of drug-likeness (QED) is 0.277. The third-order valence-electron chi connectivity index (χ3n) is 5.91. The van der Waals surface area contributed by atoms with Gasteiger partial charge in [-0.3, -0.25) is 19.3 Å². The molecular weight excluding hydrogens is 426 g/mol. The van der Waals surface area contributed by atoms with Crippen LogP contribution in [0.15, 0.2) is 54.6 Å². The number of ether oxygens (including phenoxy) is 3. The average Bonchev–Trinajstić information content (AvgIpc) is 3.11. The number of allylic oxidation sites excluding steroid dienone is 2. The second-order valence-electron chi connectivity index (χ2n) is 7.78. The van der Waals surface area contributed by atoms with Crippen molar-refractivity contribution in [2.75, 3.05) is 25.7 Å². The predicted molar refractivity (Wildman–Crippen MR) is 118 cm³/mol. The van der Waals surface area contributed by atoms with Crippen molar-refractivity contribution in [3.63, 3.8) is 0 Å². The molecule has 2 amide bonds. The van der Waals surface area contributed by atoms with E-state index in [2.05, 4.69) is 0 Å². The van der Waals surface area contributed by atoms with E-state index in [4.69, 9.17) is 14.2 Å². The predicted octanol–water partition coefficient (Wildman–Crippen LogP) is 3.20. The number of carbonyl (C=O) groups excluding carboxylic acids is 4. The van der Waals surface area contributed by atoms with Crippen molar-refractivity contribution in [1.29, 1.82) is 0 Å². The van der Waals surface area contributed by atoms with E-state index in [0.717, 1.165) is 0 Å². The third kappa shape index (κ3) is 4.24. The summed E-state index contributed by atoms with van der Waals surface area (Å²) >= 11 is 0. The van der Waals surface area contributed by atoms with Crippen molar-refractivity contribution in [3.8, 4) is 11.5 Å². The number of amides is 2. The van der Waals surface area contributed by atoms with Crippen LogP contribution in [0.5, 0.6) is 11.5 Å². The number of carbonyl (C=O) groups is 4. The molecule has 1 heterocycles. The van der Waals surface area contributed by atoms with Gasteiger partial charge in [-0.05, 0) is 55.3 Å². The molecule has 0 bridgehead atoms. The molecular formula is C25H23NO7. The average molecular weight is 449 g/mol. The number of hydrogen-bond donors (Lipinski definition) is 0. The minimum Gasteiger partial charge on any atom is -0.493 e. The van der Waals surface area contributed by atoms with Crippen LogP contribution in [-0.2, 0) is 14.3 Å². The van der Waals surface area contributed by atoms with Crippen LogP contribution in [-0.4, -0.2) is 44.4 Å². The number of anilines is 1. The summed E-state index contributed by atoms with van der Waals surface area (Å²) in [6.07, 6.45) is 4.98.